The number of benzene rings is 1. The van der Waals surface area contributed by atoms with Crippen LogP contribution in [0.5, 0.6) is 0 Å². The Balaban J connectivity index is 1.70. The van der Waals surface area contributed by atoms with Crippen molar-refractivity contribution in [3.8, 4) is 0 Å². The van der Waals surface area contributed by atoms with Gasteiger partial charge in [0, 0.05) is 24.6 Å². The number of hydrogen-bond acceptors (Lipinski definition) is 4. The minimum atomic E-state index is -3.84. The molecule has 1 fully saturated rings. The summed E-state index contributed by atoms with van der Waals surface area (Å²) in [5, 5.41) is 2.68. The maximum absolute atomic E-state index is 14.4. The third-order valence-electron chi connectivity index (χ3n) is 5.26. The molecular formula is C19H21ClF2N2O3S2. The van der Waals surface area contributed by atoms with Gasteiger partial charge in [-0.25, -0.2) is 17.2 Å². The zero-order valence-electron chi connectivity index (χ0n) is 15.8. The molecule has 0 saturated heterocycles. The number of carbonyl (C=O) groups is 1. The zero-order valence-corrected chi connectivity index (χ0v) is 18.1. The van der Waals surface area contributed by atoms with Gasteiger partial charge >= 0.3 is 0 Å². The number of rotatable bonds is 7. The monoisotopic (exact) mass is 462 g/mol. The fourth-order valence-electron chi connectivity index (χ4n) is 3.77. The quantitative estimate of drug-likeness (QED) is 0.678. The molecule has 0 bridgehead atoms. The van der Waals surface area contributed by atoms with Crippen LogP contribution >= 0.6 is 22.9 Å². The van der Waals surface area contributed by atoms with Gasteiger partial charge < -0.3 is 5.32 Å². The van der Waals surface area contributed by atoms with E-state index in [-0.39, 0.29) is 16.3 Å². The van der Waals surface area contributed by atoms with E-state index in [1.165, 1.54) is 37.4 Å². The lowest BCUT2D eigenvalue weighted by Gasteiger charge is -2.31. The Labute approximate surface area is 177 Å². The van der Waals surface area contributed by atoms with Gasteiger partial charge in [-0.3, -0.25) is 4.79 Å². The molecule has 0 atom stereocenters. The second kappa shape index (κ2) is 8.67. The van der Waals surface area contributed by atoms with Crippen molar-refractivity contribution in [2.45, 2.75) is 35.3 Å². The molecule has 29 heavy (non-hydrogen) atoms. The molecule has 158 valence electrons. The Hall–Kier alpha value is -1.55. The molecule has 0 spiro atoms. The molecule has 1 heterocycles. The van der Waals surface area contributed by atoms with Gasteiger partial charge in [0.1, 0.15) is 15.8 Å². The summed E-state index contributed by atoms with van der Waals surface area (Å²) in [4.78, 5) is 12.4. The molecule has 1 N–H and O–H groups in total. The highest BCUT2D eigenvalue weighted by molar-refractivity contribution is 7.91. The fourth-order valence-corrected chi connectivity index (χ4v) is 6.59. The predicted molar refractivity (Wildman–Crippen MR) is 109 cm³/mol. The average molecular weight is 463 g/mol. The molecule has 3 rings (SSSR count). The van der Waals surface area contributed by atoms with Gasteiger partial charge in [-0.05, 0) is 37.1 Å². The second-order valence-corrected chi connectivity index (χ2v) is 11.2. The Bertz CT molecular complexity index is 984. The maximum atomic E-state index is 14.4. The number of halogens is 3. The summed E-state index contributed by atoms with van der Waals surface area (Å²) in [7, 11) is -2.55. The van der Waals surface area contributed by atoms with Crippen LogP contribution < -0.4 is 5.32 Å². The minimum Gasteiger partial charge on any atom is -0.354 e. The number of amides is 1. The van der Waals surface area contributed by atoms with Crippen LogP contribution in [0.3, 0.4) is 0 Å². The summed E-state index contributed by atoms with van der Waals surface area (Å²) in [6.45, 7) is -0.365. The van der Waals surface area contributed by atoms with Gasteiger partial charge in [-0.15, -0.1) is 11.3 Å². The number of nitrogens with zero attached hydrogens (tertiary/aromatic N) is 1. The summed E-state index contributed by atoms with van der Waals surface area (Å²) in [5.41, 5.74) is -0.837. The Morgan fingerprint density at radius 3 is 2.38 bits per heavy atom. The summed E-state index contributed by atoms with van der Waals surface area (Å²) in [5.74, 6) is -1.80. The van der Waals surface area contributed by atoms with Crippen LogP contribution in [0.25, 0.3) is 0 Å². The smallest absolute Gasteiger partial charge is 0.252 e. The molecular weight excluding hydrogens is 442 g/mol. The van der Waals surface area contributed by atoms with Gasteiger partial charge in [0.15, 0.2) is 0 Å². The van der Waals surface area contributed by atoms with E-state index in [2.05, 4.69) is 5.32 Å². The second-order valence-electron chi connectivity index (χ2n) is 7.18. The molecule has 0 aliphatic heterocycles. The number of thiophene rings is 1. The van der Waals surface area contributed by atoms with Gasteiger partial charge in [-0.1, -0.05) is 30.5 Å². The van der Waals surface area contributed by atoms with Crippen molar-refractivity contribution < 1.29 is 22.0 Å². The minimum absolute atomic E-state index is 0.00740. The van der Waals surface area contributed by atoms with E-state index in [1.54, 1.807) is 0 Å². The molecule has 0 radical (unpaired) electrons. The van der Waals surface area contributed by atoms with Crippen LogP contribution in [0.15, 0.2) is 34.5 Å². The average Bonchev–Trinajstić information content (AvgIpc) is 3.30. The first-order chi connectivity index (χ1) is 13.7. The molecule has 2 aromatic rings. The van der Waals surface area contributed by atoms with Crippen LogP contribution in [0, 0.1) is 11.6 Å². The number of nitrogens with one attached hydrogen (secondary N) is 1. The van der Waals surface area contributed by atoms with Crippen molar-refractivity contribution >= 4 is 38.9 Å². The molecule has 0 unspecified atom stereocenters. The van der Waals surface area contributed by atoms with Crippen molar-refractivity contribution in [2.75, 3.05) is 20.1 Å². The molecule has 1 amide bonds. The summed E-state index contributed by atoms with van der Waals surface area (Å²) < 4.78 is 55.1. The van der Waals surface area contributed by atoms with E-state index in [0.717, 1.165) is 28.5 Å². The number of carbonyl (C=O) groups excluding carboxylic acids is 1. The molecule has 5 nitrogen and oxygen atoms in total. The van der Waals surface area contributed by atoms with E-state index in [0.29, 0.717) is 17.2 Å². The van der Waals surface area contributed by atoms with E-state index in [4.69, 9.17) is 11.6 Å². The predicted octanol–water partition coefficient (Wildman–Crippen LogP) is 3.93. The maximum Gasteiger partial charge on any atom is 0.252 e. The highest BCUT2D eigenvalue weighted by atomic mass is 35.5. The van der Waals surface area contributed by atoms with Gasteiger partial charge in [-0.2, -0.15) is 4.31 Å². The van der Waals surface area contributed by atoms with Crippen molar-refractivity contribution in [2.24, 2.45) is 0 Å². The van der Waals surface area contributed by atoms with Crippen LogP contribution in [0.4, 0.5) is 8.78 Å². The Kier molecular flexibility index (Phi) is 6.62. The lowest BCUT2D eigenvalue weighted by atomic mass is 9.78. The van der Waals surface area contributed by atoms with Crippen molar-refractivity contribution in [1.82, 2.24) is 9.62 Å². The molecule has 10 heteroatoms. The fraction of sp³-hybridized carbons (Fsp3) is 0.421. The molecule has 1 aliphatic rings. The summed E-state index contributed by atoms with van der Waals surface area (Å²) >= 11 is 6.70. The SMILES string of the molecule is CN(CC(=O)NCC1(c2c(F)cccc2F)CCCC1)S(=O)(=O)c1ccc(Cl)s1. The zero-order chi connectivity index (χ0) is 21.2. The highest BCUT2D eigenvalue weighted by Gasteiger charge is 2.40. The van der Waals surface area contributed by atoms with Gasteiger partial charge in [0.25, 0.3) is 10.0 Å². The third kappa shape index (κ3) is 4.63. The first-order valence-electron chi connectivity index (χ1n) is 9.09. The third-order valence-corrected chi connectivity index (χ3v) is 8.76. The lowest BCUT2D eigenvalue weighted by molar-refractivity contribution is -0.121. The standard InChI is InChI=1S/C19H21ClF2N2O3S2/c1-24(29(26,27)17-8-7-15(20)28-17)11-16(25)23-12-19(9-2-3-10-19)18-13(21)5-4-6-14(18)22/h4-8H,2-3,9-12H2,1H3,(H,23,25). The van der Waals surface area contributed by atoms with E-state index < -0.39 is 39.5 Å². The Morgan fingerprint density at radius 2 is 1.83 bits per heavy atom. The van der Waals surface area contributed by atoms with Crippen LogP contribution in [-0.2, 0) is 20.2 Å². The normalized spacial score (nSPS) is 16.3. The topological polar surface area (TPSA) is 66.5 Å². The van der Waals surface area contributed by atoms with Crippen molar-refractivity contribution in [3.63, 3.8) is 0 Å². The van der Waals surface area contributed by atoms with Gasteiger partial charge in [0.05, 0.1) is 10.9 Å². The highest BCUT2D eigenvalue weighted by Crippen LogP contribution is 2.42. The molecule has 1 saturated carbocycles. The largest absolute Gasteiger partial charge is 0.354 e. The number of likely N-dealkylation sites (N-methyl/N-ethyl adjacent to an activating group) is 1. The van der Waals surface area contributed by atoms with Crippen LogP contribution in [0.2, 0.25) is 4.34 Å². The number of sulfonamides is 1. The molecule has 1 aromatic heterocycles. The van der Waals surface area contributed by atoms with Crippen LogP contribution in [-0.4, -0.2) is 38.8 Å². The van der Waals surface area contributed by atoms with Crippen molar-refractivity contribution in [1.29, 1.82) is 0 Å². The lowest BCUT2D eigenvalue weighted by Crippen LogP contribution is -2.44. The van der Waals surface area contributed by atoms with E-state index >= 15 is 0 Å². The summed E-state index contributed by atoms with van der Waals surface area (Å²) in [6, 6.07) is 6.59. The first-order valence-corrected chi connectivity index (χ1v) is 11.7. The van der Waals surface area contributed by atoms with E-state index in [1.807, 2.05) is 0 Å². The van der Waals surface area contributed by atoms with Gasteiger partial charge in [0.2, 0.25) is 5.91 Å². The number of hydrogen-bond donors (Lipinski definition) is 1. The van der Waals surface area contributed by atoms with Crippen LogP contribution in [0.1, 0.15) is 31.2 Å². The van der Waals surface area contributed by atoms with E-state index in [9.17, 15) is 22.0 Å². The Morgan fingerprint density at radius 1 is 1.21 bits per heavy atom. The summed E-state index contributed by atoms with van der Waals surface area (Å²) in [6.07, 6.45) is 2.70. The van der Waals surface area contributed by atoms with Crippen molar-refractivity contribution in [3.05, 3.63) is 51.9 Å². The molecule has 1 aromatic carbocycles. The molecule has 1 aliphatic carbocycles. The first kappa shape index (κ1) is 22.1.